The van der Waals surface area contributed by atoms with E-state index >= 15 is 0 Å². The molecule has 3 heteroatoms. The van der Waals surface area contributed by atoms with Crippen molar-refractivity contribution in [2.24, 2.45) is 0 Å². The molecular formula is C13H19NO2. The molecule has 0 aliphatic carbocycles. The van der Waals surface area contributed by atoms with Gasteiger partial charge in [0.2, 0.25) is 0 Å². The molecule has 0 radical (unpaired) electrons. The third kappa shape index (κ3) is 4.03. The number of esters is 1. The Bertz CT molecular complexity index is 311. The van der Waals surface area contributed by atoms with Crippen LogP contribution in [-0.2, 0) is 16.0 Å². The number of ether oxygens (including phenoxy) is 1. The zero-order valence-corrected chi connectivity index (χ0v) is 9.90. The normalized spacial score (nSPS) is 12.1. The van der Waals surface area contributed by atoms with Crippen LogP contribution in [0.4, 0.5) is 0 Å². The molecule has 0 bridgehead atoms. The number of hydrogen-bond donors (Lipinski definition) is 1. The molecule has 0 amide bonds. The van der Waals surface area contributed by atoms with Gasteiger partial charge in [0.15, 0.2) is 0 Å². The van der Waals surface area contributed by atoms with Crippen LogP contribution in [0, 0.1) is 0 Å². The van der Waals surface area contributed by atoms with E-state index in [1.807, 2.05) is 25.1 Å². The number of carbonyl (C=O) groups is 1. The van der Waals surface area contributed by atoms with Crippen molar-refractivity contribution in [3.8, 4) is 0 Å². The fourth-order valence-corrected chi connectivity index (χ4v) is 1.57. The van der Waals surface area contributed by atoms with Crippen molar-refractivity contribution in [2.45, 2.75) is 25.8 Å². The first-order chi connectivity index (χ1) is 7.77. The van der Waals surface area contributed by atoms with E-state index in [0.29, 0.717) is 0 Å². The Hall–Kier alpha value is -1.35. The van der Waals surface area contributed by atoms with E-state index < -0.39 is 0 Å². The monoisotopic (exact) mass is 221 g/mol. The van der Waals surface area contributed by atoms with Crippen LogP contribution in [-0.4, -0.2) is 25.7 Å². The van der Waals surface area contributed by atoms with Gasteiger partial charge in [-0.2, -0.15) is 0 Å². The SMILES string of the molecule is CCC(NCCc1ccccc1)C(=O)OC. The zero-order valence-electron chi connectivity index (χ0n) is 9.90. The van der Waals surface area contributed by atoms with E-state index in [0.717, 1.165) is 19.4 Å². The van der Waals surface area contributed by atoms with Crippen LogP contribution in [0.25, 0.3) is 0 Å². The summed E-state index contributed by atoms with van der Waals surface area (Å²) in [5.41, 5.74) is 1.27. The second-order valence-corrected chi connectivity index (χ2v) is 3.67. The molecule has 0 heterocycles. The Balaban J connectivity index is 2.31. The molecule has 1 rings (SSSR count). The molecule has 16 heavy (non-hydrogen) atoms. The smallest absolute Gasteiger partial charge is 0.322 e. The minimum atomic E-state index is -0.186. The van der Waals surface area contributed by atoms with Crippen molar-refractivity contribution in [2.75, 3.05) is 13.7 Å². The van der Waals surface area contributed by atoms with Crippen LogP contribution in [0.1, 0.15) is 18.9 Å². The maximum absolute atomic E-state index is 11.3. The van der Waals surface area contributed by atoms with Crippen molar-refractivity contribution in [3.05, 3.63) is 35.9 Å². The summed E-state index contributed by atoms with van der Waals surface area (Å²) in [6, 6.07) is 10.0. The second kappa shape index (κ2) is 7.01. The van der Waals surface area contributed by atoms with Crippen LogP contribution in [0.3, 0.4) is 0 Å². The number of methoxy groups -OCH3 is 1. The minimum absolute atomic E-state index is 0.185. The van der Waals surface area contributed by atoms with E-state index in [1.165, 1.54) is 12.7 Å². The highest BCUT2D eigenvalue weighted by Gasteiger charge is 2.15. The Morgan fingerprint density at radius 2 is 2.06 bits per heavy atom. The number of carbonyl (C=O) groups excluding carboxylic acids is 1. The lowest BCUT2D eigenvalue weighted by Gasteiger charge is -2.14. The first-order valence-electron chi connectivity index (χ1n) is 5.63. The van der Waals surface area contributed by atoms with Crippen LogP contribution < -0.4 is 5.32 Å². The molecule has 88 valence electrons. The van der Waals surface area contributed by atoms with Gasteiger partial charge in [0.25, 0.3) is 0 Å². The van der Waals surface area contributed by atoms with Gasteiger partial charge in [-0.25, -0.2) is 0 Å². The highest BCUT2D eigenvalue weighted by molar-refractivity contribution is 5.75. The predicted octanol–water partition coefficient (Wildman–Crippen LogP) is 1.77. The van der Waals surface area contributed by atoms with Crippen LogP contribution in [0.2, 0.25) is 0 Å². The van der Waals surface area contributed by atoms with Crippen LogP contribution >= 0.6 is 0 Å². The van der Waals surface area contributed by atoms with Gasteiger partial charge >= 0.3 is 5.97 Å². The van der Waals surface area contributed by atoms with Crippen LogP contribution in [0.5, 0.6) is 0 Å². The summed E-state index contributed by atoms with van der Waals surface area (Å²) in [5, 5.41) is 3.19. The van der Waals surface area contributed by atoms with Crippen molar-refractivity contribution < 1.29 is 9.53 Å². The topological polar surface area (TPSA) is 38.3 Å². The molecule has 0 fully saturated rings. The molecule has 0 spiro atoms. The highest BCUT2D eigenvalue weighted by Crippen LogP contribution is 1.99. The van der Waals surface area contributed by atoms with E-state index in [4.69, 9.17) is 4.74 Å². The average Bonchev–Trinajstić information content (AvgIpc) is 2.35. The van der Waals surface area contributed by atoms with E-state index in [1.54, 1.807) is 0 Å². The zero-order chi connectivity index (χ0) is 11.8. The lowest BCUT2D eigenvalue weighted by atomic mass is 10.1. The van der Waals surface area contributed by atoms with Crippen LogP contribution in [0.15, 0.2) is 30.3 Å². The summed E-state index contributed by atoms with van der Waals surface area (Å²) in [5.74, 6) is -0.185. The Labute approximate surface area is 96.8 Å². The van der Waals surface area contributed by atoms with E-state index in [9.17, 15) is 4.79 Å². The van der Waals surface area contributed by atoms with Gasteiger partial charge in [-0.1, -0.05) is 37.3 Å². The predicted molar refractivity (Wildman–Crippen MR) is 64.2 cm³/mol. The molecule has 1 aromatic carbocycles. The molecule has 1 unspecified atom stereocenters. The summed E-state index contributed by atoms with van der Waals surface area (Å²) >= 11 is 0. The van der Waals surface area contributed by atoms with E-state index in [2.05, 4.69) is 17.4 Å². The Kier molecular flexibility index (Phi) is 5.57. The molecule has 0 aliphatic rings. The van der Waals surface area contributed by atoms with Gasteiger partial charge in [0, 0.05) is 0 Å². The second-order valence-electron chi connectivity index (χ2n) is 3.67. The molecule has 3 nitrogen and oxygen atoms in total. The summed E-state index contributed by atoms with van der Waals surface area (Å²) < 4.78 is 4.70. The third-order valence-electron chi connectivity index (χ3n) is 2.54. The summed E-state index contributed by atoms with van der Waals surface area (Å²) in [6.07, 6.45) is 1.68. The van der Waals surface area contributed by atoms with Crippen molar-refractivity contribution in [3.63, 3.8) is 0 Å². The largest absolute Gasteiger partial charge is 0.468 e. The van der Waals surface area contributed by atoms with Gasteiger partial charge < -0.3 is 10.1 Å². The first-order valence-corrected chi connectivity index (χ1v) is 5.63. The number of nitrogens with one attached hydrogen (secondary N) is 1. The van der Waals surface area contributed by atoms with Gasteiger partial charge in [-0.05, 0) is 24.9 Å². The lowest BCUT2D eigenvalue weighted by molar-refractivity contribution is -0.143. The molecule has 1 aromatic rings. The number of rotatable bonds is 6. The molecule has 1 N–H and O–H groups in total. The lowest BCUT2D eigenvalue weighted by Crippen LogP contribution is -2.38. The van der Waals surface area contributed by atoms with E-state index in [-0.39, 0.29) is 12.0 Å². The number of hydrogen-bond acceptors (Lipinski definition) is 3. The van der Waals surface area contributed by atoms with Crippen molar-refractivity contribution >= 4 is 5.97 Å². The highest BCUT2D eigenvalue weighted by atomic mass is 16.5. The standard InChI is InChI=1S/C13H19NO2/c1-3-12(13(15)16-2)14-10-9-11-7-5-4-6-8-11/h4-8,12,14H,3,9-10H2,1-2H3. The fourth-order valence-electron chi connectivity index (χ4n) is 1.57. The first kappa shape index (κ1) is 12.7. The summed E-state index contributed by atoms with van der Waals surface area (Å²) in [6.45, 7) is 2.76. The maximum atomic E-state index is 11.3. The Morgan fingerprint density at radius 3 is 2.62 bits per heavy atom. The van der Waals surface area contributed by atoms with Gasteiger partial charge in [-0.3, -0.25) is 4.79 Å². The molecule has 0 aliphatic heterocycles. The van der Waals surface area contributed by atoms with Gasteiger partial charge in [-0.15, -0.1) is 0 Å². The van der Waals surface area contributed by atoms with Crippen molar-refractivity contribution in [1.29, 1.82) is 0 Å². The average molecular weight is 221 g/mol. The quantitative estimate of drug-likeness (QED) is 0.744. The third-order valence-corrected chi connectivity index (χ3v) is 2.54. The molecule has 0 aromatic heterocycles. The summed E-state index contributed by atoms with van der Waals surface area (Å²) in [4.78, 5) is 11.3. The fraction of sp³-hybridized carbons (Fsp3) is 0.462. The summed E-state index contributed by atoms with van der Waals surface area (Å²) in [7, 11) is 1.42. The van der Waals surface area contributed by atoms with Gasteiger partial charge in [0.05, 0.1) is 7.11 Å². The maximum Gasteiger partial charge on any atom is 0.322 e. The Morgan fingerprint density at radius 1 is 1.38 bits per heavy atom. The molecule has 0 saturated carbocycles. The molecule has 0 saturated heterocycles. The molecular weight excluding hydrogens is 202 g/mol. The minimum Gasteiger partial charge on any atom is -0.468 e. The number of benzene rings is 1. The molecule has 1 atom stereocenters. The van der Waals surface area contributed by atoms with Gasteiger partial charge in [0.1, 0.15) is 6.04 Å². The van der Waals surface area contributed by atoms with Crippen molar-refractivity contribution in [1.82, 2.24) is 5.32 Å².